The van der Waals surface area contributed by atoms with Crippen LogP contribution in [0.5, 0.6) is 0 Å². The van der Waals surface area contributed by atoms with Gasteiger partial charge in [-0.05, 0) is 18.6 Å². The molecule has 0 aliphatic rings. The van der Waals surface area contributed by atoms with Crippen molar-refractivity contribution in [2.75, 3.05) is 11.9 Å². The summed E-state index contributed by atoms with van der Waals surface area (Å²) in [5, 5.41) is 3.59. The number of alkyl halides is 3. The van der Waals surface area contributed by atoms with E-state index in [4.69, 9.17) is 0 Å². The minimum atomic E-state index is -4.07. The smallest absolute Gasteiger partial charge is 0.361 e. The van der Waals surface area contributed by atoms with Gasteiger partial charge in [0.25, 0.3) is 0 Å². The molecule has 1 aromatic carbocycles. The van der Waals surface area contributed by atoms with Crippen LogP contribution in [0.2, 0.25) is 0 Å². The van der Waals surface area contributed by atoms with Crippen molar-refractivity contribution in [2.45, 2.75) is 19.0 Å². The van der Waals surface area contributed by atoms with Gasteiger partial charge < -0.3 is 5.32 Å². The number of benzene rings is 1. The molecular formula is C11H11F3N2S. The minimum Gasteiger partial charge on any atom is -0.361 e. The monoisotopic (exact) mass is 260 g/mol. The molecule has 0 aliphatic carbocycles. The highest BCUT2D eigenvalue weighted by Gasteiger charge is 2.25. The van der Waals surface area contributed by atoms with Crippen LogP contribution in [0.1, 0.15) is 12.8 Å². The zero-order valence-electron chi connectivity index (χ0n) is 8.92. The second-order valence-electron chi connectivity index (χ2n) is 3.63. The number of hydrogen-bond acceptors (Lipinski definition) is 3. The molecule has 92 valence electrons. The van der Waals surface area contributed by atoms with E-state index >= 15 is 0 Å². The van der Waals surface area contributed by atoms with Gasteiger partial charge in [-0.3, -0.25) is 0 Å². The fraction of sp³-hybridized carbons (Fsp3) is 0.364. The maximum absolute atomic E-state index is 11.9. The zero-order chi connectivity index (χ0) is 12.3. The summed E-state index contributed by atoms with van der Waals surface area (Å²) in [4.78, 5) is 4.27. The number of aromatic nitrogens is 1. The Bertz CT molecular complexity index is 460. The van der Waals surface area contributed by atoms with Gasteiger partial charge in [0.2, 0.25) is 0 Å². The van der Waals surface area contributed by atoms with Gasteiger partial charge in [0, 0.05) is 13.0 Å². The predicted octanol–water partition coefficient (Wildman–Crippen LogP) is 4.05. The highest BCUT2D eigenvalue weighted by molar-refractivity contribution is 7.22. The first-order valence-corrected chi connectivity index (χ1v) is 6.02. The third kappa shape index (κ3) is 3.59. The largest absolute Gasteiger partial charge is 0.389 e. The lowest BCUT2D eigenvalue weighted by molar-refractivity contribution is -0.134. The molecule has 0 atom stereocenters. The molecule has 1 heterocycles. The topological polar surface area (TPSA) is 24.9 Å². The van der Waals surface area contributed by atoms with Crippen LogP contribution in [-0.2, 0) is 0 Å². The highest BCUT2D eigenvalue weighted by atomic mass is 32.1. The first kappa shape index (κ1) is 12.2. The Balaban J connectivity index is 1.87. The molecule has 6 heteroatoms. The number of nitrogens with one attached hydrogen (secondary N) is 1. The van der Waals surface area contributed by atoms with E-state index < -0.39 is 12.6 Å². The van der Waals surface area contributed by atoms with Crippen LogP contribution in [0.3, 0.4) is 0 Å². The van der Waals surface area contributed by atoms with E-state index in [-0.39, 0.29) is 6.42 Å². The third-order valence-corrected chi connectivity index (χ3v) is 3.20. The Labute approximate surface area is 100 Å². The number of thiazole rings is 1. The lowest BCUT2D eigenvalue weighted by Crippen LogP contribution is -2.10. The quantitative estimate of drug-likeness (QED) is 0.839. The van der Waals surface area contributed by atoms with Crippen molar-refractivity contribution in [2.24, 2.45) is 0 Å². The van der Waals surface area contributed by atoms with Gasteiger partial charge in [-0.1, -0.05) is 23.5 Å². The molecule has 0 radical (unpaired) electrons. The Morgan fingerprint density at radius 3 is 2.71 bits per heavy atom. The molecule has 0 saturated carbocycles. The molecule has 2 aromatic rings. The molecule has 1 N–H and O–H groups in total. The molecule has 0 bridgehead atoms. The average Bonchev–Trinajstić information content (AvgIpc) is 2.65. The van der Waals surface area contributed by atoms with Crippen molar-refractivity contribution in [1.29, 1.82) is 0 Å². The summed E-state index contributed by atoms with van der Waals surface area (Å²) >= 11 is 1.45. The van der Waals surface area contributed by atoms with Gasteiger partial charge in [-0.2, -0.15) is 13.2 Å². The first-order chi connectivity index (χ1) is 8.04. The molecular weight excluding hydrogens is 249 g/mol. The SMILES string of the molecule is FC(F)(F)CCCNc1nc2ccccc2s1. The second kappa shape index (κ2) is 4.91. The molecule has 2 nitrogen and oxygen atoms in total. The first-order valence-electron chi connectivity index (χ1n) is 5.21. The molecule has 17 heavy (non-hydrogen) atoms. The van der Waals surface area contributed by atoms with Crippen LogP contribution in [0, 0.1) is 0 Å². The fourth-order valence-electron chi connectivity index (χ4n) is 1.43. The number of anilines is 1. The molecule has 0 saturated heterocycles. The highest BCUT2D eigenvalue weighted by Crippen LogP contribution is 2.26. The summed E-state index contributed by atoms with van der Waals surface area (Å²) in [5.41, 5.74) is 0.871. The number of fused-ring (bicyclic) bond motifs is 1. The van der Waals surface area contributed by atoms with Crippen molar-refractivity contribution >= 4 is 26.7 Å². The molecule has 0 fully saturated rings. The van der Waals surface area contributed by atoms with Gasteiger partial charge in [-0.15, -0.1) is 0 Å². The van der Waals surface area contributed by atoms with E-state index in [1.165, 1.54) is 11.3 Å². The standard InChI is InChI=1S/C11H11F3N2S/c12-11(13,14)6-3-7-15-10-16-8-4-1-2-5-9(8)17-10/h1-2,4-5H,3,6-7H2,(H,15,16). The number of nitrogens with zero attached hydrogens (tertiary/aromatic N) is 1. The molecule has 0 unspecified atom stereocenters. The van der Waals surface area contributed by atoms with Crippen molar-refractivity contribution in [3.05, 3.63) is 24.3 Å². The number of halogens is 3. The van der Waals surface area contributed by atoms with Crippen molar-refractivity contribution in [3.63, 3.8) is 0 Å². The van der Waals surface area contributed by atoms with Crippen LogP contribution in [0.15, 0.2) is 24.3 Å². The van der Waals surface area contributed by atoms with Gasteiger partial charge in [0.15, 0.2) is 5.13 Å². The van der Waals surface area contributed by atoms with Crippen LogP contribution in [0.25, 0.3) is 10.2 Å². The van der Waals surface area contributed by atoms with Gasteiger partial charge in [0.1, 0.15) is 0 Å². The van der Waals surface area contributed by atoms with Crippen molar-refractivity contribution in [1.82, 2.24) is 4.98 Å². The van der Waals surface area contributed by atoms with E-state index in [0.717, 1.165) is 10.2 Å². The predicted molar refractivity (Wildman–Crippen MR) is 63.4 cm³/mol. The molecule has 0 amide bonds. The fourth-order valence-corrected chi connectivity index (χ4v) is 2.32. The van der Waals surface area contributed by atoms with Gasteiger partial charge in [0.05, 0.1) is 10.2 Å². The summed E-state index contributed by atoms with van der Waals surface area (Å²) in [5.74, 6) is 0. The summed E-state index contributed by atoms with van der Waals surface area (Å²) in [6, 6.07) is 7.62. The van der Waals surface area contributed by atoms with Crippen molar-refractivity contribution in [3.8, 4) is 0 Å². The lowest BCUT2D eigenvalue weighted by atomic mass is 10.3. The Morgan fingerprint density at radius 1 is 1.24 bits per heavy atom. The van der Waals surface area contributed by atoms with Crippen molar-refractivity contribution < 1.29 is 13.2 Å². The zero-order valence-corrected chi connectivity index (χ0v) is 9.74. The molecule has 1 aromatic heterocycles. The van der Waals surface area contributed by atoms with E-state index in [1.54, 1.807) is 0 Å². The van der Waals surface area contributed by atoms with Crippen LogP contribution < -0.4 is 5.32 Å². The normalized spacial score (nSPS) is 11.9. The van der Waals surface area contributed by atoms with E-state index in [1.807, 2.05) is 24.3 Å². The summed E-state index contributed by atoms with van der Waals surface area (Å²) in [6.07, 6.45) is -4.76. The molecule has 0 spiro atoms. The number of rotatable bonds is 4. The minimum absolute atomic E-state index is 0.0689. The Kier molecular flexibility index (Phi) is 3.51. The lowest BCUT2D eigenvalue weighted by Gasteiger charge is -2.05. The number of hydrogen-bond donors (Lipinski definition) is 1. The molecule has 2 rings (SSSR count). The summed E-state index contributed by atoms with van der Waals surface area (Å²) < 4.78 is 36.8. The van der Waals surface area contributed by atoms with Gasteiger partial charge >= 0.3 is 6.18 Å². The third-order valence-electron chi connectivity index (χ3n) is 2.21. The summed E-state index contributed by atoms with van der Waals surface area (Å²) in [6.45, 7) is 0.291. The van der Waals surface area contributed by atoms with Crippen LogP contribution in [0.4, 0.5) is 18.3 Å². The van der Waals surface area contributed by atoms with E-state index in [9.17, 15) is 13.2 Å². The van der Waals surface area contributed by atoms with Gasteiger partial charge in [-0.25, -0.2) is 4.98 Å². The average molecular weight is 260 g/mol. The van der Waals surface area contributed by atoms with Crippen LogP contribution in [-0.4, -0.2) is 17.7 Å². The molecule has 0 aliphatic heterocycles. The number of para-hydroxylation sites is 1. The second-order valence-corrected chi connectivity index (χ2v) is 4.66. The summed E-state index contributed by atoms with van der Waals surface area (Å²) in [7, 11) is 0. The maximum Gasteiger partial charge on any atom is 0.389 e. The van der Waals surface area contributed by atoms with E-state index in [2.05, 4.69) is 10.3 Å². The van der Waals surface area contributed by atoms with E-state index in [0.29, 0.717) is 11.7 Å². The Morgan fingerprint density at radius 2 is 2.00 bits per heavy atom. The maximum atomic E-state index is 11.9. The van der Waals surface area contributed by atoms with Crippen LogP contribution >= 0.6 is 11.3 Å². The Hall–Kier alpha value is -1.30.